The molecule has 1 aromatic carbocycles. The van der Waals surface area contributed by atoms with Gasteiger partial charge in [0, 0.05) is 29.3 Å². The summed E-state index contributed by atoms with van der Waals surface area (Å²) in [6, 6.07) is 10.9. The number of carbonyl (C=O) groups excluding carboxylic acids is 1. The van der Waals surface area contributed by atoms with Crippen LogP contribution in [0.25, 0.3) is 11.3 Å². The molecule has 0 aliphatic rings. The Hall–Kier alpha value is -2.90. The summed E-state index contributed by atoms with van der Waals surface area (Å²) in [5, 5.41) is 14.0. The van der Waals surface area contributed by atoms with Crippen LogP contribution < -0.4 is 5.32 Å². The number of halogens is 3. The average Bonchev–Trinajstić information content (AvgIpc) is 3.20. The van der Waals surface area contributed by atoms with Crippen molar-refractivity contribution in [2.24, 2.45) is 0 Å². The first-order chi connectivity index (χ1) is 13.9. The number of anilines is 1. The van der Waals surface area contributed by atoms with E-state index in [1.54, 1.807) is 48.0 Å². The van der Waals surface area contributed by atoms with Crippen molar-refractivity contribution in [2.75, 3.05) is 11.1 Å². The molecule has 0 saturated carbocycles. The molecule has 1 N–H and O–H groups in total. The van der Waals surface area contributed by atoms with Crippen LogP contribution in [0.5, 0.6) is 0 Å². The van der Waals surface area contributed by atoms with Crippen LogP contribution in [0.4, 0.5) is 18.3 Å². The van der Waals surface area contributed by atoms with Crippen LogP contribution in [0, 0.1) is 11.3 Å². The van der Waals surface area contributed by atoms with Gasteiger partial charge in [-0.15, -0.1) is 23.1 Å². The molecular weight excluding hydrogens is 421 g/mol. The maximum Gasteiger partial charge on any atom is 0.417 e. The molecule has 0 aliphatic carbocycles. The molecule has 148 valence electrons. The molecule has 29 heavy (non-hydrogen) atoms. The fourth-order valence-corrected chi connectivity index (χ4v) is 3.91. The lowest BCUT2D eigenvalue weighted by molar-refractivity contribution is -0.138. The summed E-state index contributed by atoms with van der Waals surface area (Å²) >= 11 is 2.20. The van der Waals surface area contributed by atoms with E-state index in [0.717, 1.165) is 17.8 Å². The second-order valence-electron chi connectivity index (χ2n) is 5.69. The van der Waals surface area contributed by atoms with Crippen LogP contribution in [0.1, 0.15) is 17.5 Å². The largest absolute Gasteiger partial charge is 0.417 e. The van der Waals surface area contributed by atoms with E-state index in [2.05, 4.69) is 15.3 Å². The Kier molecular flexibility index (Phi) is 6.51. The number of benzene rings is 1. The maximum atomic E-state index is 13.5. The number of aromatic nitrogens is 2. The van der Waals surface area contributed by atoms with Crippen molar-refractivity contribution in [3.05, 3.63) is 59.1 Å². The van der Waals surface area contributed by atoms with E-state index in [1.807, 2.05) is 0 Å². The van der Waals surface area contributed by atoms with Crippen molar-refractivity contribution < 1.29 is 18.0 Å². The fourth-order valence-electron chi connectivity index (χ4n) is 2.42. The van der Waals surface area contributed by atoms with Crippen LogP contribution in [0.3, 0.4) is 0 Å². The van der Waals surface area contributed by atoms with E-state index in [9.17, 15) is 23.2 Å². The first-order valence-electron chi connectivity index (χ1n) is 8.28. The van der Waals surface area contributed by atoms with Gasteiger partial charge in [0.05, 0.1) is 16.8 Å². The molecule has 10 heteroatoms. The molecule has 3 aromatic rings. The molecule has 2 aromatic heterocycles. The zero-order valence-electron chi connectivity index (χ0n) is 14.7. The molecular formula is C19H13F3N4OS2. The van der Waals surface area contributed by atoms with E-state index in [4.69, 9.17) is 0 Å². The Morgan fingerprint density at radius 1 is 1.28 bits per heavy atom. The monoisotopic (exact) mass is 434 g/mol. The van der Waals surface area contributed by atoms with Crippen LogP contribution in [-0.4, -0.2) is 21.6 Å². The molecule has 0 bridgehead atoms. The number of nitriles is 1. The number of pyridine rings is 1. The van der Waals surface area contributed by atoms with Gasteiger partial charge in [-0.25, -0.2) is 9.97 Å². The Morgan fingerprint density at radius 3 is 2.66 bits per heavy atom. The molecule has 0 fully saturated rings. The van der Waals surface area contributed by atoms with Gasteiger partial charge in [-0.05, 0) is 6.07 Å². The topological polar surface area (TPSA) is 78.7 Å². The molecule has 0 spiro atoms. The van der Waals surface area contributed by atoms with Gasteiger partial charge in [-0.3, -0.25) is 4.79 Å². The minimum Gasteiger partial charge on any atom is -0.302 e. The highest BCUT2D eigenvalue weighted by Gasteiger charge is 2.36. The molecule has 2 heterocycles. The predicted molar refractivity (Wildman–Crippen MR) is 105 cm³/mol. The lowest BCUT2D eigenvalue weighted by Crippen LogP contribution is -2.13. The average molecular weight is 434 g/mol. The predicted octanol–water partition coefficient (Wildman–Crippen LogP) is 5.22. The third-order valence-electron chi connectivity index (χ3n) is 3.72. The van der Waals surface area contributed by atoms with Crippen LogP contribution in [0.15, 0.2) is 53.0 Å². The lowest BCUT2D eigenvalue weighted by Gasteiger charge is -2.14. The summed E-state index contributed by atoms with van der Waals surface area (Å²) in [4.78, 5) is 20.1. The van der Waals surface area contributed by atoms with Crippen molar-refractivity contribution in [2.45, 2.75) is 17.6 Å². The minimum atomic E-state index is -4.70. The van der Waals surface area contributed by atoms with Crippen molar-refractivity contribution in [3.8, 4) is 17.3 Å². The molecule has 3 rings (SSSR count). The summed E-state index contributed by atoms with van der Waals surface area (Å²) in [6.45, 7) is 0. The number of hydrogen-bond donors (Lipinski definition) is 1. The second-order valence-corrected chi connectivity index (χ2v) is 7.67. The van der Waals surface area contributed by atoms with E-state index < -0.39 is 17.3 Å². The van der Waals surface area contributed by atoms with Gasteiger partial charge in [-0.2, -0.15) is 18.4 Å². The van der Waals surface area contributed by atoms with Crippen molar-refractivity contribution in [1.82, 2.24) is 9.97 Å². The molecule has 0 saturated heterocycles. The SMILES string of the molecule is N#Cc1c(C(F)(F)F)cc(-c2ccccc2)nc1SCCC(=O)Nc1nccs1. The maximum absolute atomic E-state index is 13.5. The highest BCUT2D eigenvalue weighted by Crippen LogP contribution is 2.38. The highest BCUT2D eigenvalue weighted by molar-refractivity contribution is 7.99. The number of rotatable bonds is 6. The van der Waals surface area contributed by atoms with Gasteiger partial charge in [0.15, 0.2) is 5.13 Å². The summed E-state index contributed by atoms with van der Waals surface area (Å²) < 4.78 is 40.5. The number of thioether (sulfide) groups is 1. The van der Waals surface area contributed by atoms with Crippen molar-refractivity contribution >= 4 is 34.1 Å². The number of nitrogens with one attached hydrogen (secondary N) is 1. The van der Waals surface area contributed by atoms with Crippen LogP contribution in [0.2, 0.25) is 0 Å². The normalized spacial score (nSPS) is 11.1. The van der Waals surface area contributed by atoms with Crippen molar-refractivity contribution in [1.29, 1.82) is 5.26 Å². The first kappa shape index (κ1) is 20.8. The van der Waals surface area contributed by atoms with Crippen molar-refractivity contribution in [3.63, 3.8) is 0 Å². The molecule has 5 nitrogen and oxygen atoms in total. The second kappa shape index (κ2) is 9.07. The standard InChI is InChI=1S/C19H13F3N4OS2/c20-19(21,22)14-10-15(12-4-2-1-3-5-12)25-17(13(14)11-23)28-8-6-16(27)26-18-24-7-9-29-18/h1-5,7,9-10H,6,8H2,(H,24,26,27). The molecule has 0 radical (unpaired) electrons. The molecule has 0 atom stereocenters. The molecule has 0 unspecified atom stereocenters. The Bertz CT molecular complexity index is 1030. The number of hydrogen-bond acceptors (Lipinski definition) is 6. The molecule has 1 amide bonds. The number of amides is 1. The van der Waals surface area contributed by atoms with E-state index >= 15 is 0 Å². The van der Waals surface area contributed by atoms with Gasteiger partial charge >= 0.3 is 6.18 Å². The zero-order chi connectivity index (χ0) is 20.9. The smallest absolute Gasteiger partial charge is 0.302 e. The van der Waals surface area contributed by atoms with E-state index in [1.165, 1.54) is 11.3 Å². The minimum absolute atomic E-state index is 0.0354. The van der Waals surface area contributed by atoms with Gasteiger partial charge in [0.2, 0.25) is 5.91 Å². The van der Waals surface area contributed by atoms with Crippen LogP contribution in [-0.2, 0) is 11.0 Å². The quantitative estimate of drug-likeness (QED) is 0.539. The Balaban J connectivity index is 1.84. The van der Waals surface area contributed by atoms with E-state index in [-0.39, 0.29) is 28.8 Å². The summed E-state index contributed by atoms with van der Waals surface area (Å²) in [5.74, 6) is -0.157. The molecule has 0 aliphatic heterocycles. The van der Waals surface area contributed by atoms with Gasteiger partial charge < -0.3 is 5.32 Å². The highest BCUT2D eigenvalue weighted by atomic mass is 32.2. The Morgan fingerprint density at radius 2 is 2.03 bits per heavy atom. The van der Waals surface area contributed by atoms with E-state index in [0.29, 0.717) is 10.7 Å². The third kappa shape index (κ3) is 5.34. The number of nitrogens with zero attached hydrogens (tertiary/aromatic N) is 3. The number of alkyl halides is 3. The van der Waals surface area contributed by atoms with Gasteiger partial charge in [0.1, 0.15) is 11.1 Å². The van der Waals surface area contributed by atoms with Gasteiger partial charge in [-0.1, -0.05) is 30.3 Å². The van der Waals surface area contributed by atoms with Gasteiger partial charge in [0.25, 0.3) is 0 Å². The number of thiazole rings is 1. The third-order valence-corrected chi connectivity index (χ3v) is 5.39. The Labute approximate surface area is 172 Å². The first-order valence-corrected chi connectivity index (χ1v) is 10.1. The number of carbonyl (C=O) groups is 1. The zero-order valence-corrected chi connectivity index (χ0v) is 16.4. The van der Waals surface area contributed by atoms with Crippen LogP contribution >= 0.6 is 23.1 Å². The summed E-state index contributed by atoms with van der Waals surface area (Å²) in [5.41, 5.74) is -0.955. The lowest BCUT2D eigenvalue weighted by atomic mass is 10.1. The summed E-state index contributed by atoms with van der Waals surface area (Å²) in [7, 11) is 0. The summed E-state index contributed by atoms with van der Waals surface area (Å²) in [6.07, 6.45) is -3.12. The fraction of sp³-hybridized carbons (Fsp3) is 0.158.